The number of fused-ring (bicyclic) bond motifs is 3. The van der Waals surface area contributed by atoms with Crippen molar-refractivity contribution in [1.29, 1.82) is 0 Å². The molecule has 4 nitrogen and oxygen atoms in total. The van der Waals surface area contributed by atoms with E-state index in [4.69, 9.17) is 4.74 Å². The molecule has 0 saturated carbocycles. The van der Waals surface area contributed by atoms with Gasteiger partial charge in [0, 0.05) is 42.3 Å². The summed E-state index contributed by atoms with van der Waals surface area (Å²) in [7, 11) is 0. The van der Waals surface area contributed by atoms with E-state index in [2.05, 4.69) is 57.7 Å². The number of ether oxygens (including phenoxy) is 1. The molecule has 1 aliphatic rings. The minimum absolute atomic E-state index is 0.871. The second kappa shape index (κ2) is 7.16. The predicted molar refractivity (Wildman–Crippen MR) is 99.6 cm³/mol. The van der Waals surface area contributed by atoms with Crippen LogP contribution in [0.2, 0.25) is 0 Å². The maximum atomic E-state index is 5.39. The first-order valence-electron chi connectivity index (χ1n) is 8.72. The highest BCUT2D eigenvalue weighted by Crippen LogP contribution is 2.28. The Hall–Kier alpha value is -2.17. The van der Waals surface area contributed by atoms with Crippen LogP contribution in [-0.2, 0) is 4.74 Å². The molecule has 0 spiro atoms. The molecule has 2 heterocycles. The van der Waals surface area contributed by atoms with E-state index < -0.39 is 0 Å². The minimum Gasteiger partial charge on any atom is -0.384 e. The average Bonchev–Trinajstić information content (AvgIpc) is 2.66. The Kier molecular flexibility index (Phi) is 4.58. The number of hydrogen-bond acceptors (Lipinski definition) is 4. The first-order valence-corrected chi connectivity index (χ1v) is 8.72. The Bertz CT molecular complexity index is 827. The van der Waals surface area contributed by atoms with Gasteiger partial charge >= 0.3 is 0 Å². The number of pyridine rings is 1. The van der Waals surface area contributed by atoms with E-state index in [0.29, 0.717) is 0 Å². The van der Waals surface area contributed by atoms with Crippen molar-refractivity contribution in [3.63, 3.8) is 0 Å². The maximum Gasteiger partial charge on any atom is 0.0801 e. The number of benzene rings is 2. The first kappa shape index (κ1) is 15.4. The zero-order chi connectivity index (χ0) is 16.2. The fourth-order valence-electron chi connectivity index (χ4n) is 3.39. The van der Waals surface area contributed by atoms with Gasteiger partial charge < -0.3 is 10.1 Å². The Morgan fingerprint density at radius 3 is 2.79 bits per heavy atom. The molecule has 3 aromatic rings. The van der Waals surface area contributed by atoms with E-state index in [9.17, 15) is 0 Å². The lowest BCUT2D eigenvalue weighted by molar-refractivity contribution is 0.0378. The Labute approximate surface area is 142 Å². The average molecular weight is 321 g/mol. The second-order valence-corrected chi connectivity index (χ2v) is 6.28. The van der Waals surface area contributed by atoms with Crippen molar-refractivity contribution in [2.24, 2.45) is 0 Å². The summed E-state index contributed by atoms with van der Waals surface area (Å²) in [6.07, 6.45) is 3.04. The fourth-order valence-corrected chi connectivity index (χ4v) is 3.39. The Morgan fingerprint density at radius 1 is 1.00 bits per heavy atom. The summed E-state index contributed by atoms with van der Waals surface area (Å²) < 4.78 is 5.39. The minimum atomic E-state index is 0.871. The van der Waals surface area contributed by atoms with E-state index in [1.807, 2.05) is 6.20 Å². The van der Waals surface area contributed by atoms with Gasteiger partial charge in [-0.15, -0.1) is 0 Å². The molecule has 0 bridgehead atoms. The third kappa shape index (κ3) is 3.21. The molecular weight excluding hydrogens is 298 g/mol. The smallest absolute Gasteiger partial charge is 0.0801 e. The molecule has 0 amide bonds. The summed E-state index contributed by atoms with van der Waals surface area (Å²) in [5, 5.41) is 7.24. The van der Waals surface area contributed by atoms with Crippen molar-refractivity contribution in [1.82, 2.24) is 9.88 Å². The van der Waals surface area contributed by atoms with Crippen molar-refractivity contribution >= 4 is 27.4 Å². The maximum absolute atomic E-state index is 5.39. The molecule has 1 aliphatic heterocycles. The summed E-state index contributed by atoms with van der Waals surface area (Å²) in [4.78, 5) is 7.09. The van der Waals surface area contributed by atoms with E-state index in [1.54, 1.807) is 0 Å². The molecule has 4 heteroatoms. The number of anilines is 1. The van der Waals surface area contributed by atoms with Gasteiger partial charge in [-0.1, -0.05) is 36.4 Å². The third-order valence-corrected chi connectivity index (χ3v) is 4.71. The molecule has 0 radical (unpaired) electrons. The highest BCUT2D eigenvalue weighted by molar-refractivity contribution is 6.08. The van der Waals surface area contributed by atoms with Gasteiger partial charge in [-0.3, -0.25) is 9.88 Å². The third-order valence-electron chi connectivity index (χ3n) is 4.71. The number of aromatic nitrogens is 1. The van der Waals surface area contributed by atoms with E-state index >= 15 is 0 Å². The van der Waals surface area contributed by atoms with E-state index in [-0.39, 0.29) is 0 Å². The monoisotopic (exact) mass is 321 g/mol. The summed E-state index contributed by atoms with van der Waals surface area (Å²) >= 11 is 0. The molecule has 1 fully saturated rings. The largest absolute Gasteiger partial charge is 0.384 e. The molecule has 2 aromatic carbocycles. The van der Waals surface area contributed by atoms with Crippen molar-refractivity contribution in [2.75, 3.05) is 44.7 Å². The normalized spacial score (nSPS) is 15.8. The summed E-state index contributed by atoms with van der Waals surface area (Å²) in [6.45, 7) is 5.96. The van der Waals surface area contributed by atoms with Gasteiger partial charge in [-0.05, 0) is 24.4 Å². The highest BCUT2D eigenvalue weighted by atomic mass is 16.5. The number of morpholine rings is 1. The zero-order valence-corrected chi connectivity index (χ0v) is 13.9. The molecule has 124 valence electrons. The van der Waals surface area contributed by atoms with Crippen LogP contribution >= 0.6 is 0 Å². The van der Waals surface area contributed by atoms with Gasteiger partial charge in [0.25, 0.3) is 0 Å². The fraction of sp³-hybridized carbons (Fsp3) is 0.350. The number of hydrogen-bond donors (Lipinski definition) is 1. The predicted octanol–water partition coefficient (Wildman–Crippen LogP) is 3.52. The Morgan fingerprint density at radius 2 is 1.88 bits per heavy atom. The summed E-state index contributed by atoms with van der Waals surface area (Å²) in [5.41, 5.74) is 2.25. The highest BCUT2D eigenvalue weighted by Gasteiger charge is 2.09. The molecule has 1 N–H and O–H groups in total. The van der Waals surface area contributed by atoms with Crippen molar-refractivity contribution in [3.05, 3.63) is 48.7 Å². The summed E-state index contributed by atoms with van der Waals surface area (Å²) in [6, 6.07) is 14.9. The molecule has 1 aromatic heterocycles. The molecule has 4 rings (SSSR count). The number of rotatable bonds is 5. The lowest BCUT2D eigenvalue weighted by Crippen LogP contribution is -2.37. The molecule has 1 saturated heterocycles. The van der Waals surface area contributed by atoms with Crippen LogP contribution in [0.1, 0.15) is 6.42 Å². The molecule has 24 heavy (non-hydrogen) atoms. The summed E-state index contributed by atoms with van der Waals surface area (Å²) in [5.74, 6) is 0. The molecule has 0 aliphatic carbocycles. The van der Waals surface area contributed by atoms with Gasteiger partial charge in [0.2, 0.25) is 0 Å². The molecule has 0 unspecified atom stereocenters. The van der Waals surface area contributed by atoms with Crippen LogP contribution in [0.15, 0.2) is 48.7 Å². The van der Waals surface area contributed by atoms with Crippen LogP contribution in [-0.4, -0.2) is 49.3 Å². The Balaban J connectivity index is 1.47. The van der Waals surface area contributed by atoms with Gasteiger partial charge in [0.15, 0.2) is 0 Å². The van der Waals surface area contributed by atoms with E-state index in [0.717, 1.165) is 51.3 Å². The van der Waals surface area contributed by atoms with Gasteiger partial charge in [-0.25, -0.2) is 0 Å². The van der Waals surface area contributed by atoms with Crippen LogP contribution in [0.5, 0.6) is 0 Å². The van der Waals surface area contributed by atoms with Gasteiger partial charge in [0.1, 0.15) is 0 Å². The molecular formula is C20H23N3O. The van der Waals surface area contributed by atoms with Crippen LogP contribution < -0.4 is 5.32 Å². The SMILES string of the molecule is c1ccc2c(c1)ccc1c(NCCCN3CCOCC3)ccnc12. The van der Waals surface area contributed by atoms with Crippen LogP contribution in [0.25, 0.3) is 21.7 Å². The number of nitrogens with zero attached hydrogens (tertiary/aromatic N) is 2. The quantitative estimate of drug-likeness (QED) is 0.576. The van der Waals surface area contributed by atoms with Crippen molar-refractivity contribution in [2.45, 2.75) is 6.42 Å². The van der Waals surface area contributed by atoms with Gasteiger partial charge in [0.05, 0.1) is 18.7 Å². The second-order valence-electron chi connectivity index (χ2n) is 6.28. The lowest BCUT2D eigenvalue weighted by atomic mass is 10.1. The zero-order valence-electron chi connectivity index (χ0n) is 13.9. The standard InChI is InChI=1S/C20H23N3O/c1-2-5-17-16(4-1)6-7-18-19(8-10-22-20(17)18)21-9-3-11-23-12-14-24-15-13-23/h1-2,4-8,10H,3,9,11-15H2,(H,21,22). The van der Waals surface area contributed by atoms with Crippen LogP contribution in [0, 0.1) is 0 Å². The molecule has 0 atom stereocenters. The van der Waals surface area contributed by atoms with Crippen LogP contribution in [0.4, 0.5) is 5.69 Å². The van der Waals surface area contributed by atoms with Gasteiger partial charge in [-0.2, -0.15) is 0 Å². The van der Waals surface area contributed by atoms with Crippen molar-refractivity contribution < 1.29 is 4.74 Å². The van der Waals surface area contributed by atoms with Crippen LogP contribution in [0.3, 0.4) is 0 Å². The van der Waals surface area contributed by atoms with E-state index in [1.165, 1.54) is 21.8 Å². The number of nitrogens with one attached hydrogen (secondary N) is 1. The first-order chi connectivity index (χ1) is 11.9. The lowest BCUT2D eigenvalue weighted by Gasteiger charge is -2.26. The topological polar surface area (TPSA) is 37.4 Å². The van der Waals surface area contributed by atoms with Crippen molar-refractivity contribution in [3.8, 4) is 0 Å².